The lowest BCUT2D eigenvalue weighted by atomic mass is 9.61. The van der Waals surface area contributed by atoms with E-state index in [1.807, 2.05) is 0 Å². The molecule has 6 atom stereocenters. The average molecular weight is 609 g/mol. The summed E-state index contributed by atoms with van der Waals surface area (Å²) in [4.78, 5) is 0. The van der Waals surface area contributed by atoms with Crippen molar-refractivity contribution in [3.05, 3.63) is 35.5 Å². The Morgan fingerprint density at radius 1 is 0.878 bits per heavy atom. The van der Waals surface area contributed by atoms with Gasteiger partial charge in [0.15, 0.2) is 16.6 Å². The largest absolute Gasteiger partial charge is 0.410 e. The Balaban J connectivity index is 1.90. The first-order chi connectivity index (χ1) is 19.5. The quantitative estimate of drug-likeness (QED) is 0.144. The number of fused-ring (bicyclic) bond motifs is 1. The van der Waals surface area contributed by atoms with Crippen LogP contribution in [0.25, 0.3) is 0 Å². The van der Waals surface area contributed by atoms with E-state index in [0.717, 1.165) is 68.4 Å². The summed E-state index contributed by atoms with van der Waals surface area (Å²) in [5.41, 5.74) is 4.31. The van der Waals surface area contributed by atoms with E-state index < -0.39 is 23.1 Å². The molecule has 0 N–H and O–H groups in total. The molecule has 3 aliphatic carbocycles. The van der Waals surface area contributed by atoms with Crippen LogP contribution in [0.5, 0.6) is 0 Å². The van der Waals surface area contributed by atoms with Crippen LogP contribution in [0.2, 0.25) is 36.3 Å². The lowest BCUT2D eigenvalue weighted by Gasteiger charge is -2.44. The Kier molecular flexibility index (Phi) is 12.7. The monoisotopic (exact) mass is 608 g/mol. The summed E-state index contributed by atoms with van der Waals surface area (Å²) in [6.45, 7) is 22.9. The molecule has 0 radical (unpaired) electrons. The van der Waals surface area contributed by atoms with E-state index in [1.165, 1.54) is 24.0 Å². The second-order valence-corrected chi connectivity index (χ2v) is 23.4. The summed E-state index contributed by atoms with van der Waals surface area (Å²) in [5.74, 6) is 1.01. The molecule has 0 spiro atoms. The smallest absolute Gasteiger partial charge is 0.238 e. The van der Waals surface area contributed by atoms with Crippen molar-refractivity contribution in [1.29, 1.82) is 0 Å². The van der Waals surface area contributed by atoms with Crippen molar-refractivity contribution >= 4 is 16.6 Å². The van der Waals surface area contributed by atoms with Crippen molar-refractivity contribution in [1.82, 2.24) is 0 Å². The minimum absolute atomic E-state index is 0.0406. The van der Waals surface area contributed by atoms with Gasteiger partial charge in [-0.3, -0.25) is 0 Å². The SMILES string of the molecule is C=C1[C@H](O[Si](CC)(CC)CC)CC(=C/C=C2\CCC[C@]3(C)[C@@H]([C@H](C)CC(F)F)CC[C@@H]23)C[C@H]1O[Si](CC)(CC)CC. The van der Waals surface area contributed by atoms with Crippen LogP contribution in [0, 0.1) is 23.2 Å². The Morgan fingerprint density at radius 3 is 1.85 bits per heavy atom. The van der Waals surface area contributed by atoms with Crippen LogP contribution in [0.15, 0.2) is 35.5 Å². The molecular formula is C35H62F2O2Si2. The van der Waals surface area contributed by atoms with Crippen molar-refractivity contribution in [3.63, 3.8) is 0 Å². The van der Waals surface area contributed by atoms with E-state index >= 15 is 0 Å². The van der Waals surface area contributed by atoms with Gasteiger partial charge in [-0.15, -0.1) is 0 Å². The van der Waals surface area contributed by atoms with Crippen LogP contribution in [0.1, 0.15) is 107 Å². The van der Waals surface area contributed by atoms with Crippen molar-refractivity contribution in [3.8, 4) is 0 Å². The molecule has 0 aromatic carbocycles. The molecule has 0 aliphatic heterocycles. The lowest BCUT2D eigenvalue weighted by molar-refractivity contribution is 0.0522. The van der Waals surface area contributed by atoms with Gasteiger partial charge < -0.3 is 8.85 Å². The van der Waals surface area contributed by atoms with Crippen LogP contribution in [0.4, 0.5) is 8.78 Å². The normalized spacial score (nSPS) is 31.1. The third-order valence-corrected chi connectivity index (χ3v) is 21.5. The predicted molar refractivity (Wildman–Crippen MR) is 177 cm³/mol. The van der Waals surface area contributed by atoms with Crippen molar-refractivity contribution in [2.45, 2.75) is 162 Å². The Morgan fingerprint density at radius 2 is 1.39 bits per heavy atom. The topological polar surface area (TPSA) is 18.5 Å². The van der Waals surface area contributed by atoms with Gasteiger partial charge >= 0.3 is 0 Å². The Hall–Kier alpha value is -0.566. The van der Waals surface area contributed by atoms with Gasteiger partial charge in [-0.2, -0.15) is 0 Å². The van der Waals surface area contributed by atoms with Gasteiger partial charge in [0.2, 0.25) is 6.43 Å². The van der Waals surface area contributed by atoms with Crippen LogP contribution < -0.4 is 0 Å². The molecular weight excluding hydrogens is 547 g/mol. The van der Waals surface area contributed by atoms with Crippen LogP contribution in [0.3, 0.4) is 0 Å². The second kappa shape index (κ2) is 14.9. The van der Waals surface area contributed by atoms with E-state index in [1.54, 1.807) is 5.57 Å². The molecule has 6 heteroatoms. The fourth-order valence-electron chi connectivity index (χ4n) is 8.89. The highest BCUT2D eigenvalue weighted by molar-refractivity contribution is 6.74. The van der Waals surface area contributed by atoms with Gasteiger partial charge in [0.1, 0.15) is 0 Å². The van der Waals surface area contributed by atoms with E-state index in [0.29, 0.717) is 11.8 Å². The molecule has 236 valence electrons. The van der Waals surface area contributed by atoms with Crippen LogP contribution in [-0.2, 0) is 8.85 Å². The van der Waals surface area contributed by atoms with Gasteiger partial charge in [-0.1, -0.05) is 85.3 Å². The molecule has 2 nitrogen and oxygen atoms in total. The summed E-state index contributed by atoms with van der Waals surface area (Å²) in [6.07, 6.45) is 10.3. The first-order valence-electron chi connectivity index (χ1n) is 17.2. The molecule has 0 bridgehead atoms. The summed E-state index contributed by atoms with van der Waals surface area (Å²) in [6, 6.07) is 6.84. The molecule has 41 heavy (non-hydrogen) atoms. The van der Waals surface area contributed by atoms with E-state index in [9.17, 15) is 8.78 Å². The highest BCUT2D eigenvalue weighted by atomic mass is 28.4. The van der Waals surface area contributed by atoms with Gasteiger partial charge in [-0.05, 0) is 110 Å². The number of allylic oxidation sites excluding steroid dienone is 3. The first kappa shape index (κ1) is 34.9. The van der Waals surface area contributed by atoms with E-state index in [-0.39, 0.29) is 30.0 Å². The molecule has 0 heterocycles. The number of alkyl halides is 2. The number of hydrogen-bond donors (Lipinski definition) is 0. The maximum absolute atomic E-state index is 13.3. The summed E-state index contributed by atoms with van der Waals surface area (Å²) < 4.78 is 40.8. The molecule has 0 saturated heterocycles. The second-order valence-electron chi connectivity index (χ2n) is 13.9. The average Bonchev–Trinajstić information content (AvgIpc) is 3.33. The van der Waals surface area contributed by atoms with Gasteiger partial charge in [0.25, 0.3) is 0 Å². The predicted octanol–water partition coefficient (Wildman–Crippen LogP) is 11.5. The summed E-state index contributed by atoms with van der Waals surface area (Å²) in [7, 11) is -3.61. The molecule has 0 aromatic heterocycles. The lowest BCUT2D eigenvalue weighted by Crippen LogP contribution is -2.47. The minimum atomic E-state index is -2.20. The van der Waals surface area contributed by atoms with Gasteiger partial charge in [0.05, 0.1) is 12.2 Å². The Labute approximate surface area is 254 Å². The molecule has 3 fully saturated rings. The van der Waals surface area contributed by atoms with Crippen LogP contribution in [-0.4, -0.2) is 35.3 Å². The molecule has 0 unspecified atom stereocenters. The number of halogens is 2. The fraction of sp³-hybridized carbons (Fsp3) is 0.829. The maximum atomic E-state index is 13.3. The summed E-state index contributed by atoms with van der Waals surface area (Å²) >= 11 is 0. The summed E-state index contributed by atoms with van der Waals surface area (Å²) in [5, 5.41) is 0. The van der Waals surface area contributed by atoms with Crippen molar-refractivity contribution < 1.29 is 17.6 Å². The Bertz CT molecular complexity index is 871. The third kappa shape index (κ3) is 7.75. The molecule has 3 saturated carbocycles. The van der Waals surface area contributed by atoms with Gasteiger partial charge in [0, 0.05) is 6.42 Å². The molecule has 0 aromatic rings. The molecule has 3 rings (SSSR count). The van der Waals surface area contributed by atoms with Crippen molar-refractivity contribution in [2.75, 3.05) is 0 Å². The zero-order valence-electron chi connectivity index (χ0n) is 27.8. The van der Waals surface area contributed by atoms with Gasteiger partial charge in [-0.25, -0.2) is 8.78 Å². The first-order valence-corrected chi connectivity index (χ1v) is 22.2. The maximum Gasteiger partial charge on any atom is 0.238 e. The molecule has 0 amide bonds. The zero-order chi connectivity index (χ0) is 30.4. The fourth-order valence-corrected chi connectivity index (χ4v) is 14.6. The highest BCUT2D eigenvalue weighted by Gasteiger charge is 2.51. The molecule has 3 aliphatic rings. The van der Waals surface area contributed by atoms with Crippen LogP contribution >= 0.6 is 0 Å². The highest BCUT2D eigenvalue weighted by Crippen LogP contribution is 2.60. The number of hydrogen-bond acceptors (Lipinski definition) is 2. The standard InChI is InChI=1S/C35H62F2O2Si2/c1-10-40(11-2,12-3)38-32-24-28(25-33(27(32)8)39-41(13-4,14-5)15-6)18-19-29-17-16-22-35(9)30(20-21-31(29)35)26(7)23-34(36)37/h18-19,26,30-34H,8,10-17,20-25H2,1-7,9H3/b29-19+/t26-,30-,31+,32-,33-,35-/m1/s1. The zero-order valence-corrected chi connectivity index (χ0v) is 29.8. The van der Waals surface area contributed by atoms with Crippen molar-refractivity contribution in [2.24, 2.45) is 23.2 Å². The number of rotatable bonds is 14. The minimum Gasteiger partial charge on any atom is -0.410 e. The van der Waals surface area contributed by atoms with E-state index in [2.05, 4.69) is 74.1 Å². The third-order valence-electron chi connectivity index (χ3n) is 12.2. The van der Waals surface area contributed by atoms with E-state index in [4.69, 9.17) is 8.85 Å².